The van der Waals surface area contributed by atoms with Crippen LogP contribution in [0.15, 0.2) is 24.3 Å². The first-order valence-corrected chi connectivity index (χ1v) is 8.57. The molecule has 2 amide bonds. The molecule has 0 atom stereocenters. The van der Waals surface area contributed by atoms with Crippen molar-refractivity contribution in [1.82, 2.24) is 10.2 Å². The Balaban J connectivity index is 1.52. The number of anilines is 1. The van der Waals surface area contributed by atoms with Crippen molar-refractivity contribution in [1.29, 1.82) is 0 Å². The molecule has 2 heterocycles. The maximum atomic E-state index is 12.6. The minimum absolute atomic E-state index is 0.105. The lowest BCUT2D eigenvalue weighted by atomic mass is 9.96. The molecule has 5 heteroatoms. The molecule has 3 rings (SSSR count). The van der Waals surface area contributed by atoms with E-state index in [-0.39, 0.29) is 17.7 Å². The number of hydrogen-bond acceptors (Lipinski definition) is 3. The second-order valence-corrected chi connectivity index (χ2v) is 6.37. The van der Waals surface area contributed by atoms with Gasteiger partial charge in [-0.25, -0.2) is 0 Å². The smallest absolute Gasteiger partial charge is 0.241 e. The number of carbonyl (C=O) groups excluding carboxylic acids is 2. The number of likely N-dealkylation sites (tertiary alicyclic amines) is 1. The van der Waals surface area contributed by atoms with E-state index in [0.717, 1.165) is 44.6 Å². The van der Waals surface area contributed by atoms with Crippen molar-refractivity contribution in [3.63, 3.8) is 0 Å². The van der Waals surface area contributed by atoms with Crippen molar-refractivity contribution in [3.8, 4) is 0 Å². The van der Waals surface area contributed by atoms with E-state index in [1.54, 1.807) is 0 Å². The number of para-hydroxylation sites is 1. The third-order valence-corrected chi connectivity index (χ3v) is 4.86. The van der Waals surface area contributed by atoms with Gasteiger partial charge in [0.05, 0.1) is 6.54 Å². The van der Waals surface area contributed by atoms with E-state index in [2.05, 4.69) is 16.3 Å². The van der Waals surface area contributed by atoms with Crippen LogP contribution in [0, 0.1) is 5.92 Å². The molecular weight excluding hydrogens is 290 g/mol. The number of nitrogens with zero attached hydrogens (tertiary/aromatic N) is 2. The summed E-state index contributed by atoms with van der Waals surface area (Å²) in [6, 6.07) is 8.14. The van der Waals surface area contributed by atoms with Crippen molar-refractivity contribution in [2.24, 2.45) is 5.92 Å². The number of benzene rings is 1. The van der Waals surface area contributed by atoms with Crippen LogP contribution >= 0.6 is 0 Å². The topological polar surface area (TPSA) is 52.7 Å². The minimum Gasteiger partial charge on any atom is -0.356 e. The molecule has 0 radical (unpaired) electrons. The lowest BCUT2D eigenvalue weighted by molar-refractivity contribution is -0.126. The Morgan fingerprint density at radius 1 is 1.17 bits per heavy atom. The second kappa shape index (κ2) is 7.13. The van der Waals surface area contributed by atoms with Crippen molar-refractivity contribution in [2.45, 2.75) is 26.2 Å². The van der Waals surface area contributed by atoms with Crippen molar-refractivity contribution < 1.29 is 9.59 Å². The molecule has 1 aromatic carbocycles. The van der Waals surface area contributed by atoms with Crippen LogP contribution in [0.3, 0.4) is 0 Å². The second-order valence-electron chi connectivity index (χ2n) is 6.37. The highest BCUT2D eigenvalue weighted by molar-refractivity contribution is 5.96. The number of rotatable bonds is 4. The first-order valence-electron chi connectivity index (χ1n) is 8.57. The average molecular weight is 315 g/mol. The maximum absolute atomic E-state index is 12.6. The van der Waals surface area contributed by atoms with E-state index in [1.165, 1.54) is 5.56 Å². The molecule has 1 fully saturated rings. The molecule has 1 N–H and O–H groups in total. The average Bonchev–Trinajstić information content (AvgIpc) is 3.00. The van der Waals surface area contributed by atoms with E-state index >= 15 is 0 Å². The zero-order chi connectivity index (χ0) is 16.2. The quantitative estimate of drug-likeness (QED) is 0.914. The molecule has 1 saturated heterocycles. The summed E-state index contributed by atoms with van der Waals surface area (Å²) in [5.74, 6) is 0.437. The van der Waals surface area contributed by atoms with Gasteiger partial charge in [0.1, 0.15) is 0 Å². The maximum Gasteiger partial charge on any atom is 0.241 e. The predicted octanol–water partition coefficient (Wildman–Crippen LogP) is 1.42. The molecule has 0 saturated carbocycles. The lowest BCUT2D eigenvalue weighted by Gasteiger charge is -2.31. The van der Waals surface area contributed by atoms with E-state index in [4.69, 9.17) is 0 Å². The number of amides is 2. The summed E-state index contributed by atoms with van der Waals surface area (Å²) in [5, 5.41) is 2.89. The van der Waals surface area contributed by atoms with E-state index in [1.807, 2.05) is 30.0 Å². The Kier molecular flexibility index (Phi) is 4.96. The Morgan fingerprint density at radius 3 is 2.65 bits per heavy atom. The third kappa shape index (κ3) is 3.55. The number of piperidine rings is 1. The summed E-state index contributed by atoms with van der Waals surface area (Å²) >= 11 is 0. The third-order valence-electron chi connectivity index (χ3n) is 4.86. The molecule has 0 bridgehead atoms. The number of nitrogens with one attached hydrogen (secondary N) is 1. The van der Waals surface area contributed by atoms with Crippen LogP contribution in [0.1, 0.15) is 25.3 Å². The predicted molar refractivity (Wildman–Crippen MR) is 90.3 cm³/mol. The first-order chi connectivity index (χ1) is 11.2. The van der Waals surface area contributed by atoms with Crippen LogP contribution in [-0.4, -0.2) is 49.4 Å². The van der Waals surface area contributed by atoms with Crippen LogP contribution < -0.4 is 10.2 Å². The van der Waals surface area contributed by atoms with E-state index < -0.39 is 0 Å². The van der Waals surface area contributed by atoms with Gasteiger partial charge in [-0.05, 0) is 50.9 Å². The molecule has 1 aromatic rings. The summed E-state index contributed by atoms with van der Waals surface area (Å²) in [7, 11) is 0. The van der Waals surface area contributed by atoms with Crippen LogP contribution in [0.5, 0.6) is 0 Å². The highest BCUT2D eigenvalue weighted by Gasteiger charge is 2.29. The standard InChI is InChI=1S/C18H25N3O2/c1-2-19-18(23)15-7-10-20(11-8-15)13-17(22)21-12-9-14-5-3-4-6-16(14)21/h3-6,15H,2,7-13H2,1H3,(H,19,23). The van der Waals surface area contributed by atoms with Gasteiger partial charge in [-0.3, -0.25) is 14.5 Å². The fraction of sp³-hybridized carbons (Fsp3) is 0.556. The highest BCUT2D eigenvalue weighted by Crippen LogP contribution is 2.27. The van der Waals surface area contributed by atoms with Gasteiger partial charge in [-0.15, -0.1) is 0 Å². The van der Waals surface area contributed by atoms with Gasteiger partial charge in [0, 0.05) is 24.7 Å². The molecule has 0 aromatic heterocycles. The Bertz CT molecular complexity index is 579. The summed E-state index contributed by atoms with van der Waals surface area (Å²) in [4.78, 5) is 28.6. The van der Waals surface area contributed by atoms with Gasteiger partial charge in [0.2, 0.25) is 11.8 Å². The fourth-order valence-electron chi connectivity index (χ4n) is 3.55. The number of carbonyl (C=O) groups is 2. The van der Waals surface area contributed by atoms with Crippen molar-refractivity contribution in [3.05, 3.63) is 29.8 Å². The molecular formula is C18H25N3O2. The highest BCUT2D eigenvalue weighted by atomic mass is 16.2. The molecule has 2 aliphatic heterocycles. The normalized spacial score (nSPS) is 18.7. The van der Waals surface area contributed by atoms with Gasteiger partial charge >= 0.3 is 0 Å². The Hall–Kier alpha value is -1.88. The van der Waals surface area contributed by atoms with Crippen LogP contribution in [0.2, 0.25) is 0 Å². The monoisotopic (exact) mass is 315 g/mol. The van der Waals surface area contributed by atoms with Crippen LogP contribution in [-0.2, 0) is 16.0 Å². The van der Waals surface area contributed by atoms with Gasteiger partial charge in [0.15, 0.2) is 0 Å². The Labute approximate surface area is 137 Å². The van der Waals surface area contributed by atoms with E-state index in [0.29, 0.717) is 13.1 Å². The molecule has 0 spiro atoms. The molecule has 23 heavy (non-hydrogen) atoms. The van der Waals surface area contributed by atoms with Crippen LogP contribution in [0.25, 0.3) is 0 Å². The number of hydrogen-bond donors (Lipinski definition) is 1. The molecule has 2 aliphatic rings. The van der Waals surface area contributed by atoms with Gasteiger partial charge < -0.3 is 10.2 Å². The van der Waals surface area contributed by atoms with E-state index in [9.17, 15) is 9.59 Å². The van der Waals surface area contributed by atoms with Gasteiger partial charge in [-0.1, -0.05) is 18.2 Å². The first kappa shape index (κ1) is 16.0. The molecule has 5 nitrogen and oxygen atoms in total. The summed E-state index contributed by atoms with van der Waals surface area (Å²) in [5.41, 5.74) is 2.32. The summed E-state index contributed by atoms with van der Waals surface area (Å²) in [6.07, 6.45) is 2.63. The van der Waals surface area contributed by atoms with Crippen molar-refractivity contribution >= 4 is 17.5 Å². The SMILES string of the molecule is CCNC(=O)C1CCN(CC(=O)N2CCc3ccccc32)CC1. The molecule has 0 aliphatic carbocycles. The molecule has 124 valence electrons. The molecule has 0 unspecified atom stereocenters. The van der Waals surface area contributed by atoms with Crippen LogP contribution in [0.4, 0.5) is 5.69 Å². The fourth-order valence-corrected chi connectivity index (χ4v) is 3.55. The zero-order valence-electron chi connectivity index (χ0n) is 13.8. The van der Waals surface area contributed by atoms with Crippen molar-refractivity contribution in [2.75, 3.05) is 37.6 Å². The number of fused-ring (bicyclic) bond motifs is 1. The largest absolute Gasteiger partial charge is 0.356 e. The summed E-state index contributed by atoms with van der Waals surface area (Å²) in [6.45, 7) is 5.52. The Morgan fingerprint density at radius 2 is 1.91 bits per heavy atom. The zero-order valence-corrected chi connectivity index (χ0v) is 13.8. The minimum atomic E-state index is 0.105. The lowest BCUT2D eigenvalue weighted by Crippen LogP contribution is -2.45. The van der Waals surface area contributed by atoms with Gasteiger partial charge in [0.25, 0.3) is 0 Å². The van der Waals surface area contributed by atoms with Gasteiger partial charge in [-0.2, -0.15) is 0 Å². The summed E-state index contributed by atoms with van der Waals surface area (Å²) < 4.78 is 0.